The Labute approximate surface area is 110 Å². The van der Waals surface area contributed by atoms with E-state index in [0.717, 1.165) is 6.26 Å². The molecule has 1 aromatic rings. The summed E-state index contributed by atoms with van der Waals surface area (Å²) in [4.78, 5) is 0. The van der Waals surface area contributed by atoms with E-state index in [-0.39, 0.29) is 10.6 Å². The fourth-order valence-electron chi connectivity index (χ4n) is 1.41. The molecule has 0 aliphatic carbocycles. The molecule has 0 heterocycles. The molecule has 0 radical (unpaired) electrons. The molecule has 0 aliphatic heterocycles. The Morgan fingerprint density at radius 1 is 1.35 bits per heavy atom. The normalized spacial score (nSPS) is 15.6. The van der Waals surface area contributed by atoms with Gasteiger partial charge in [-0.1, -0.05) is 29.3 Å². The minimum absolute atomic E-state index is 0.159. The van der Waals surface area contributed by atoms with Crippen molar-refractivity contribution in [3.63, 3.8) is 0 Å². The number of aliphatic hydroxyl groups excluding tert-OH is 2. The SMILES string of the molecule is CS(=O)(=O)[C@@H](CO)[C@H](O)c1ccc(Cl)cc1Cl. The van der Waals surface area contributed by atoms with Crippen LogP contribution in [0.25, 0.3) is 0 Å². The van der Waals surface area contributed by atoms with Gasteiger partial charge in [-0.25, -0.2) is 8.42 Å². The molecule has 4 nitrogen and oxygen atoms in total. The zero-order valence-corrected chi connectivity index (χ0v) is 11.3. The molecular formula is C10H12Cl2O4S. The van der Waals surface area contributed by atoms with Crippen LogP contribution in [0.2, 0.25) is 10.0 Å². The molecule has 0 aromatic heterocycles. The molecule has 0 bridgehead atoms. The first-order valence-corrected chi connectivity index (χ1v) is 7.41. The van der Waals surface area contributed by atoms with Crippen molar-refractivity contribution in [2.45, 2.75) is 11.4 Å². The van der Waals surface area contributed by atoms with E-state index < -0.39 is 27.8 Å². The van der Waals surface area contributed by atoms with Gasteiger partial charge in [0.25, 0.3) is 0 Å². The van der Waals surface area contributed by atoms with Gasteiger partial charge >= 0.3 is 0 Å². The van der Waals surface area contributed by atoms with E-state index in [2.05, 4.69) is 0 Å². The van der Waals surface area contributed by atoms with Crippen molar-refractivity contribution in [1.82, 2.24) is 0 Å². The second kappa shape index (κ2) is 5.54. The first-order chi connectivity index (χ1) is 7.77. The molecule has 0 spiro atoms. The maximum atomic E-state index is 11.4. The summed E-state index contributed by atoms with van der Waals surface area (Å²) in [5.74, 6) is 0. The number of hydrogen-bond acceptors (Lipinski definition) is 4. The molecule has 0 amide bonds. The van der Waals surface area contributed by atoms with Gasteiger partial charge in [0.15, 0.2) is 9.84 Å². The number of sulfone groups is 1. The lowest BCUT2D eigenvalue weighted by molar-refractivity contribution is 0.138. The molecule has 0 aliphatic rings. The summed E-state index contributed by atoms with van der Waals surface area (Å²) in [5, 5.41) is 18.2. The van der Waals surface area contributed by atoms with E-state index >= 15 is 0 Å². The zero-order chi connectivity index (χ0) is 13.2. The lowest BCUT2D eigenvalue weighted by atomic mass is 10.1. The highest BCUT2D eigenvalue weighted by Crippen LogP contribution is 2.30. The van der Waals surface area contributed by atoms with Gasteiger partial charge in [0.1, 0.15) is 5.25 Å². The summed E-state index contributed by atoms with van der Waals surface area (Å²) in [5.41, 5.74) is 0.223. The van der Waals surface area contributed by atoms with Gasteiger partial charge in [-0.05, 0) is 12.1 Å². The van der Waals surface area contributed by atoms with Crippen molar-refractivity contribution in [1.29, 1.82) is 0 Å². The van der Waals surface area contributed by atoms with Crippen LogP contribution in [0.4, 0.5) is 0 Å². The average molecular weight is 299 g/mol. The van der Waals surface area contributed by atoms with Crippen molar-refractivity contribution in [2.75, 3.05) is 12.9 Å². The van der Waals surface area contributed by atoms with Gasteiger partial charge in [-0.2, -0.15) is 0 Å². The summed E-state index contributed by atoms with van der Waals surface area (Å²) >= 11 is 11.5. The highest BCUT2D eigenvalue weighted by atomic mass is 35.5. The summed E-state index contributed by atoms with van der Waals surface area (Å²) in [6, 6.07) is 4.32. The predicted octanol–water partition coefficient (Wildman–Crippen LogP) is 1.43. The van der Waals surface area contributed by atoms with Gasteiger partial charge < -0.3 is 10.2 Å². The summed E-state index contributed by atoms with van der Waals surface area (Å²) in [7, 11) is -3.58. The standard InChI is InChI=1S/C10H12Cl2O4S/c1-17(15,16)9(5-13)10(14)7-3-2-6(11)4-8(7)12/h2-4,9-10,13-14H,5H2,1H3/t9-,10+/m0/s1. The van der Waals surface area contributed by atoms with Crippen LogP contribution >= 0.6 is 23.2 Å². The van der Waals surface area contributed by atoms with E-state index in [1.807, 2.05) is 0 Å². The topological polar surface area (TPSA) is 74.6 Å². The fourth-order valence-corrected chi connectivity index (χ4v) is 2.82. The molecule has 0 saturated carbocycles. The highest BCUT2D eigenvalue weighted by molar-refractivity contribution is 7.91. The predicted molar refractivity (Wildman–Crippen MR) is 67.1 cm³/mol. The minimum atomic E-state index is -3.58. The van der Waals surface area contributed by atoms with Crippen LogP contribution in [0.15, 0.2) is 18.2 Å². The molecule has 2 atom stereocenters. The van der Waals surface area contributed by atoms with Gasteiger partial charge in [0.2, 0.25) is 0 Å². The maximum Gasteiger partial charge on any atom is 0.155 e. The Balaban J connectivity index is 3.15. The molecule has 96 valence electrons. The third-order valence-electron chi connectivity index (χ3n) is 2.36. The van der Waals surface area contributed by atoms with Crippen LogP contribution in [0.3, 0.4) is 0 Å². The number of benzene rings is 1. The quantitative estimate of drug-likeness (QED) is 0.882. The minimum Gasteiger partial charge on any atom is -0.395 e. The smallest absolute Gasteiger partial charge is 0.155 e. The largest absolute Gasteiger partial charge is 0.395 e. The number of hydrogen-bond donors (Lipinski definition) is 2. The van der Waals surface area contributed by atoms with Gasteiger partial charge in [0.05, 0.1) is 12.7 Å². The highest BCUT2D eigenvalue weighted by Gasteiger charge is 2.30. The molecule has 2 N–H and O–H groups in total. The molecule has 0 unspecified atom stereocenters. The molecular weight excluding hydrogens is 287 g/mol. The van der Waals surface area contributed by atoms with Crippen LogP contribution in [0.1, 0.15) is 11.7 Å². The van der Waals surface area contributed by atoms with E-state index in [4.69, 9.17) is 28.3 Å². The summed E-state index contributed by atoms with van der Waals surface area (Å²) < 4.78 is 22.7. The summed E-state index contributed by atoms with van der Waals surface area (Å²) in [6.45, 7) is -0.682. The lowest BCUT2D eigenvalue weighted by Gasteiger charge is -2.20. The van der Waals surface area contributed by atoms with Crippen molar-refractivity contribution in [3.8, 4) is 0 Å². The average Bonchev–Trinajstić information content (AvgIpc) is 2.15. The van der Waals surface area contributed by atoms with Gasteiger partial charge in [-0.3, -0.25) is 0 Å². The van der Waals surface area contributed by atoms with E-state index in [0.29, 0.717) is 5.02 Å². The van der Waals surface area contributed by atoms with Crippen LogP contribution in [-0.2, 0) is 9.84 Å². The lowest BCUT2D eigenvalue weighted by Crippen LogP contribution is -2.31. The van der Waals surface area contributed by atoms with Gasteiger partial charge in [-0.15, -0.1) is 0 Å². The Bertz CT molecular complexity index is 501. The van der Waals surface area contributed by atoms with Crippen LogP contribution in [0.5, 0.6) is 0 Å². The van der Waals surface area contributed by atoms with Crippen molar-refractivity contribution >= 4 is 33.0 Å². The third kappa shape index (κ3) is 3.56. The monoisotopic (exact) mass is 298 g/mol. The molecule has 0 saturated heterocycles. The van der Waals surface area contributed by atoms with E-state index in [1.54, 1.807) is 0 Å². The number of halogens is 2. The summed E-state index contributed by atoms with van der Waals surface area (Å²) in [6.07, 6.45) is -0.444. The van der Waals surface area contributed by atoms with Crippen LogP contribution in [0, 0.1) is 0 Å². The van der Waals surface area contributed by atoms with Crippen LogP contribution < -0.4 is 0 Å². The third-order valence-corrected chi connectivity index (χ3v) is 4.43. The number of rotatable bonds is 4. The van der Waals surface area contributed by atoms with Crippen molar-refractivity contribution < 1.29 is 18.6 Å². The fraction of sp³-hybridized carbons (Fsp3) is 0.400. The van der Waals surface area contributed by atoms with Crippen molar-refractivity contribution in [2.24, 2.45) is 0 Å². The molecule has 7 heteroatoms. The van der Waals surface area contributed by atoms with Crippen molar-refractivity contribution in [3.05, 3.63) is 33.8 Å². The maximum absolute atomic E-state index is 11.4. The number of aliphatic hydroxyl groups is 2. The second-order valence-electron chi connectivity index (χ2n) is 3.66. The van der Waals surface area contributed by atoms with E-state index in [9.17, 15) is 13.5 Å². The van der Waals surface area contributed by atoms with E-state index in [1.165, 1.54) is 18.2 Å². The van der Waals surface area contributed by atoms with Crippen LogP contribution in [-0.4, -0.2) is 36.7 Å². The molecule has 17 heavy (non-hydrogen) atoms. The van der Waals surface area contributed by atoms with Gasteiger partial charge in [0, 0.05) is 21.9 Å². The first-order valence-electron chi connectivity index (χ1n) is 4.70. The Kier molecular flexibility index (Phi) is 4.80. The molecule has 0 fully saturated rings. The zero-order valence-electron chi connectivity index (χ0n) is 8.97. The molecule has 1 rings (SSSR count). The Hall–Kier alpha value is -0.330. The molecule has 1 aromatic carbocycles. The second-order valence-corrected chi connectivity index (χ2v) is 6.77. The Morgan fingerprint density at radius 3 is 2.35 bits per heavy atom. The first kappa shape index (κ1) is 14.7. The Morgan fingerprint density at radius 2 is 1.94 bits per heavy atom.